The average molecular weight is 512 g/mol. The molecule has 0 fully saturated rings. The first-order valence-electron chi connectivity index (χ1n) is 12.2. The van der Waals surface area contributed by atoms with Crippen LogP contribution in [0.4, 0.5) is 21.6 Å². The molecule has 0 saturated carbocycles. The summed E-state index contributed by atoms with van der Waals surface area (Å²) in [6.45, 7) is 4.11. The highest BCUT2D eigenvalue weighted by Gasteiger charge is 2.36. The number of anilines is 3. The Balaban J connectivity index is 1.57. The minimum atomic E-state index is -0.676. The molecule has 0 aliphatic carbocycles. The average Bonchev–Trinajstić information content (AvgIpc) is 3.34. The summed E-state index contributed by atoms with van der Waals surface area (Å²) in [6, 6.07) is 21.5. The Hall–Kier alpha value is -4.92. The van der Waals surface area contributed by atoms with E-state index >= 15 is 0 Å². The zero-order chi connectivity index (χ0) is 26.6. The van der Waals surface area contributed by atoms with Crippen molar-refractivity contribution < 1.29 is 18.7 Å². The third-order valence-electron chi connectivity index (χ3n) is 6.16. The monoisotopic (exact) mass is 511 g/mol. The van der Waals surface area contributed by atoms with Gasteiger partial charge < -0.3 is 20.7 Å². The van der Waals surface area contributed by atoms with E-state index in [1.807, 2.05) is 61.5 Å². The van der Waals surface area contributed by atoms with E-state index in [-0.39, 0.29) is 11.5 Å². The van der Waals surface area contributed by atoms with Crippen LogP contribution >= 0.6 is 0 Å². The van der Waals surface area contributed by atoms with Crippen LogP contribution in [-0.2, 0) is 4.79 Å². The van der Waals surface area contributed by atoms with Gasteiger partial charge in [-0.15, -0.1) is 0 Å². The molecule has 5 rings (SSSR count). The van der Waals surface area contributed by atoms with Gasteiger partial charge in [0, 0.05) is 22.6 Å². The van der Waals surface area contributed by atoms with E-state index in [4.69, 9.17) is 4.74 Å². The van der Waals surface area contributed by atoms with Crippen LogP contribution in [0.25, 0.3) is 0 Å². The molecule has 0 radical (unpaired) electrons. The largest absolute Gasteiger partial charge is 0.494 e. The molecule has 4 aromatic rings. The van der Waals surface area contributed by atoms with Gasteiger partial charge in [-0.05, 0) is 56.3 Å². The summed E-state index contributed by atoms with van der Waals surface area (Å²) in [5, 5.41) is 13.5. The fraction of sp³-hybridized carbons (Fsp3) is 0.138. The van der Waals surface area contributed by atoms with Gasteiger partial charge in [-0.3, -0.25) is 9.59 Å². The number of halogens is 1. The van der Waals surface area contributed by atoms with Gasteiger partial charge in [-0.1, -0.05) is 36.4 Å². The molecular weight excluding hydrogens is 485 g/mol. The quantitative estimate of drug-likeness (QED) is 0.300. The van der Waals surface area contributed by atoms with Gasteiger partial charge in [0.15, 0.2) is 0 Å². The smallest absolute Gasteiger partial charge is 0.261 e. The highest BCUT2D eigenvalue weighted by Crippen LogP contribution is 2.41. The maximum Gasteiger partial charge on any atom is 0.261 e. The Morgan fingerprint density at radius 3 is 2.34 bits per heavy atom. The highest BCUT2D eigenvalue weighted by atomic mass is 19.1. The zero-order valence-corrected chi connectivity index (χ0v) is 20.9. The first-order valence-corrected chi connectivity index (χ1v) is 12.2. The second-order valence-electron chi connectivity index (χ2n) is 8.67. The molecule has 3 N–H and O–H groups in total. The molecule has 38 heavy (non-hydrogen) atoms. The van der Waals surface area contributed by atoms with Crippen molar-refractivity contribution >= 4 is 29.0 Å². The number of hydrogen-bond donors (Lipinski definition) is 3. The number of nitrogens with zero attached hydrogens (tertiary/aromatic N) is 2. The van der Waals surface area contributed by atoms with Crippen molar-refractivity contribution in [1.82, 2.24) is 9.78 Å². The maximum atomic E-state index is 13.6. The molecule has 0 saturated heterocycles. The van der Waals surface area contributed by atoms with E-state index in [0.717, 1.165) is 5.56 Å². The first-order chi connectivity index (χ1) is 18.5. The number of para-hydroxylation sites is 2. The van der Waals surface area contributed by atoms with E-state index in [2.05, 4.69) is 21.0 Å². The van der Waals surface area contributed by atoms with Gasteiger partial charge in [-0.2, -0.15) is 5.10 Å². The minimum absolute atomic E-state index is 0.273. The summed E-state index contributed by atoms with van der Waals surface area (Å²) in [5.74, 6) is -0.0956. The molecule has 3 aromatic carbocycles. The van der Waals surface area contributed by atoms with Crippen LogP contribution in [0.5, 0.6) is 5.75 Å². The summed E-state index contributed by atoms with van der Waals surface area (Å²) in [5.41, 5.74) is 3.10. The molecule has 0 bridgehead atoms. The van der Waals surface area contributed by atoms with Crippen LogP contribution in [0.2, 0.25) is 0 Å². The number of carbonyl (C=O) groups is 2. The third-order valence-corrected chi connectivity index (χ3v) is 6.16. The lowest BCUT2D eigenvalue weighted by Crippen LogP contribution is -2.32. The van der Waals surface area contributed by atoms with Crippen LogP contribution < -0.4 is 20.7 Å². The van der Waals surface area contributed by atoms with E-state index in [9.17, 15) is 14.0 Å². The molecule has 1 aliphatic rings. The van der Waals surface area contributed by atoms with Crippen molar-refractivity contribution in [3.05, 3.63) is 113 Å². The summed E-state index contributed by atoms with van der Waals surface area (Å²) >= 11 is 0. The predicted octanol–water partition coefficient (Wildman–Crippen LogP) is 5.60. The molecule has 9 heteroatoms. The fourth-order valence-electron chi connectivity index (χ4n) is 4.45. The number of allylic oxidation sites excluding steroid dienone is 1. The summed E-state index contributed by atoms with van der Waals surface area (Å²) < 4.78 is 20.8. The number of ether oxygens (including phenoxy) is 1. The van der Waals surface area contributed by atoms with E-state index < -0.39 is 17.8 Å². The summed E-state index contributed by atoms with van der Waals surface area (Å²) in [7, 11) is 0. The highest BCUT2D eigenvalue weighted by molar-refractivity contribution is 6.09. The molecule has 1 aromatic heterocycles. The number of amides is 2. The Kier molecular flexibility index (Phi) is 6.90. The number of nitrogens with one attached hydrogen (secondary N) is 3. The molecular formula is C29H26FN5O3. The Bertz CT molecular complexity index is 1510. The molecule has 1 unspecified atom stereocenters. The molecule has 2 heterocycles. The van der Waals surface area contributed by atoms with Crippen molar-refractivity contribution in [2.45, 2.75) is 19.9 Å². The Labute approximate surface area is 219 Å². The van der Waals surface area contributed by atoms with Crippen LogP contribution in [-0.4, -0.2) is 28.2 Å². The van der Waals surface area contributed by atoms with Gasteiger partial charge in [0.25, 0.3) is 11.8 Å². The Morgan fingerprint density at radius 1 is 0.947 bits per heavy atom. The standard InChI is InChI=1S/C29H26FN5O3/c1-3-38-24-12-8-7-11-22(24)26-25(29(37)34-20-9-5-4-6-10-20)18(2)32-27-23(17-31-35(26)27)28(36)33-21-15-13-19(30)14-16-21/h4-17,26,32H,3H2,1-2H3,(H,33,36)(H,34,37). The van der Waals surface area contributed by atoms with Gasteiger partial charge in [0.2, 0.25) is 0 Å². The van der Waals surface area contributed by atoms with E-state index in [0.29, 0.717) is 40.8 Å². The molecule has 8 nitrogen and oxygen atoms in total. The van der Waals surface area contributed by atoms with Crippen LogP contribution in [0, 0.1) is 5.82 Å². The summed E-state index contributed by atoms with van der Waals surface area (Å²) in [6.07, 6.45) is 1.45. The first kappa shape index (κ1) is 24.8. The molecule has 1 atom stereocenters. The Morgan fingerprint density at radius 2 is 1.61 bits per heavy atom. The lowest BCUT2D eigenvalue weighted by molar-refractivity contribution is -0.113. The lowest BCUT2D eigenvalue weighted by atomic mass is 9.93. The van der Waals surface area contributed by atoms with Crippen LogP contribution in [0.3, 0.4) is 0 Å². The van der Waals surface area contributed by atoms with E-state index in [1.165, 1.54) is 30.5 Å². The lowest BCUT2D eigenvalue weighted by Gasteiger charge is -2.31. The second kappa shape index (κ2) is 10.6. The number of carbonyl (C=O) groups excluding carboxylic acids is 2. The van der Waals surface area contributed by atoms with Crippen molar-refractivity contribution in [2.75, 3.05) is 22.6 Å². The van der Waals surface area contributed by atoms with Gasteiger partial charge in [0.05, 0.1) is 18.4 Å². The minimum Gasteiger partial charge on any atom is -0.494 e. The van der Waals surface area contributed by atoms with Gasteiger partial charge in [0.1, 0.15) is 29.0 Å². The van der Waals surface area contributed by atoms with Crippen LogP contribution in [0.15, 0.2) is 96.3 Å². The number of rotatable bonds is 7. The molecule has 0 spiro atoms. The number of hydrogen-bond acceptors (Lipinski definition) is 5. The fourth-order valence-corrected chi connectivity index (χ4v) is 4.45. The third kappa shape index (κ3) is 4.86. The molecule has 192 valence electrons. The SMILES string of the molecule is CCOc1ccccc1C1C(C(=O)Nc2ccccc2)=C(C)Nc2c(C(=O)Nc3ccc(F)cc3)cnn21. The van der Waals surface area contributed by atoms with Gasteiger partial charge in [-0.25, -0.2) is 9.07 Å². The molecule has 1 aliphatic heterocycles. The van der Waals surface area contributed by atoms with Crippen molar-refractivity contribution in [2.24, 2.45) is 0 Å². The maximum absolute atomic E-state index is 13.6. The van der Waals surface area contributed by atoms with Crippen molar-refractivity contribution in [3.63, 3.8) is 0 Å². The predicted molar refractivity (Wildman–Crippen MR) is 144 cm³/mol. The van der Waals surface area contributed by atoms with Crippen molar-refractivity contribution in [3.8, 4) is 5.75 Å². The normalized spacial score (nSPS) is 14.3. The number of aromatic nitrogens is 2. The summed E-state index contributed by atoms with van der Waals surface area (Å²) in [4.78, 5) is 26.8. The van der Waals surface area contributed by atoms with Gasteiger partial charge >= 0.3 is 0 Å². The topological polar surface area (TPSA) is 97.3 Å². The second-order valence-corrected chi connectivity index (χ2v) is 8.67. The van der Waals surface area contributed by atoms with E-state index in [1.54, 1.807) is 11.6 Å². The number of benzene rings is 3. The zero-order valence-electron chi connectivity index (χ0n) is 20.9. The number of fused-ring (bicyclic) bond motifs is 1. The van der Waals surface area contributed by atoms with Crippen molar-refractivity contribution in [1.29, 1.82) is 0 Å². The molecule has 2 amide bonds. The van der Waals surface area contributed by atoms with Crippen LogP contribution in [0.1, 0.15) is 35.8 Å².